The SMILES string of the molecule is COc1cc(CN2CCC3(CC2)NC(=O)c2ccc(Cl)cc2N3)ccc1O. The summed E-state index contributed by atoms with van der Waals surface area (Å²) >= 11 is 6.09. The van der Waals surface area contributed by atoms with Crippen LogP contribution in [0.2, 0.25) is 5.02 Å². The molecular weight excluding hydrogens is 366 g/mol. The van der Waals surface area contributed by atoms with Crippen LogP contribution < -0.4 is 15.4 Å². The van der Waals surface area contributed by atoms with E-state index in [0.29, 0.717) is 16.3 Å². The van der Waals surface area contributed by atoms with Gasteiger partial charge in [-0.05, 0) is 35.9 Å². The highest BCUT2D eigenvalue weighted by Gasteiger charge is 2.40. The molecule has 142 valence electrons. The van der Waals surface area contributed by atoms with Crippen molar-refractivity contribution in [3.05, 3.63) is 52.5 Å². The number of benzene rings is 2. The molecule has 7 heteroatoms. The van der Waals surface area contributed by atoms with Crippen molar-refractivity contribution in [3.63, 3.8) is 0 Å². The fourth-order valence-electron chi connectivity index (χ4n) is 3.81. The Morgan fingerprint density at radius 3 is 2.70 bits per heavy atom. The van der Waals surface area contributed by atoms with Gasteiger partial charge in [0.1, 0.15) is 5.66 Å². The molecule has 0 aromatic heterocycles. The first-order valence-corrected chi connectivity index (χ1v) is 9.34. The van der Waals surface area contributed by atoms with Crippen LogP contribution in [0.25, 0.3) is 0 Å². The number of likely N-dealkylation sites (tertiary alicyclic amines) is 1. The van der Waals surface area contributed by atoms with Gasteiger partial charge in [-0.3, -0.25) is 9.69 Å². The molecule has 1 amide bonds. The molecule has 0 saturated carbocycles. The summed E-state index contributed by atoms with van der Waals surface area (Å²) in [5.74, 6) is 0.568. The van der Waals surface area contributed by atoms with E-state index in [4.69, 9.17) is 16.3 Å². The first-order valence-electron chi connectivity index (χ1n) is 8.96. The molecule has 2 heterocycles. The van der Waals surface area contributed by atoms with Gasteiger partial charge < -0.3 is 20.5 Å². The number of carbonyl (C=O) groups is 1. The van der Waals surface area contributed by atoms with Gasteiger partial charge in [-0.2, -0.15) is 0 Å². The molecule has 2 aliphatic heterocycles. The van der Waals surface area contributed by atoms with E-state index < -0.39 is 5.66 Å². The first-order chi connectivity index (χ1) is 13.0. The highest BCUT2D eigenvalue weighted by atomic mass is 35.5. The van der Waals surface area contributed by atoms with E-state index in [2.05, 4.69) is 15.5 Å². The van der Waals surface area contributed by atoms with E-state index in [1.807, 2.05) is 18.2 Å². The molecule has 0 radical (unpaired) electrons. The van der Waals surface area contributed by atoms with Gasteiger partial charge in [-0.25, -0.2) is 0 Å². The highest BCUT2D eigenvalue weighted by molar-refractivity contribution is 6.31. The lowest BCUT2D eigenvalue weighted by Gasteiger charge is -2.46. The third-order valence-corrected chi connectivity index (χ3v) is 5.55. The molecule has 0 atom stereocenters. The van der Waals surface area contributed by atoms with Crippen LogP contribution in [0.4, 0.5) is 5.69 Å². The number of rotatable bonds is 3. The number of nitrogens with one attached hydrogen (secondary N) is 2. The molecule has 1 saturated heterocycles. The summed E-state index contributed by atoms with van der Waals surface area (Å²) in [6, 6.07) is 10.7. The quantitative estimate of drug-likeness (QED) is 0.754. The van der Waals surface area contributed by atoms with Crippen molar-refractivity contribution in [1.29, 1.82) is 0 Å². The predicted molar refractivity (Wildman–Crippen MR) is 104 cm³/mol. The Bertz CT molecular complexity index is 879. The van der Waals surface area contributed by atoms with E-state index in [-0.39, 0.29) is 11.7 Å². The Hall–Kier alpha value is -2.44. The van der Waals surface area contributed by atoms with E-state index in [9.17, 15) is 9.90 Å². The van der Waals surface area contributed by atoms with Crippen LogP contribution >= 0.6 is 11.6 Å². The number of ether oxygens (including phenoxy) is 1. The Morgan fingerprint density at radius 1 is 1.19 bits per heavy atom. The summed E-state index contributed by atoms with van der Waals surface area (Å²) in [6.45, 7) is 2.45. The van der Waals surface area contributed by atoms with Gasteiger partial charge in [0.2, 0.25) is 0 Å². The normalized spacial score (nSPS) is 18.5. The molecule has 2 aromatic rings. The lowest BCUT2D eigenvalue weighted by atomic mass is 9.92. The number of phenolic OH excluding ortho intramolecular Hbond substituents is 1. The van der Waals surface area contributed by atoms with Gasteiger partial charge >= 0.3 is 0 Å². The predicted octanol–water partition coefficient (Wildman–Crippen LogP) is 3.20. The Labute approximate surface area is 163 Å². The van der Waals surface area contributed by atoms with Crippen LogP contribution in [0.5, 0.6) is 11.5 Å². The fraction of sp³-hybridized carbons (Fsp3) is 0.350. The minimum Gasteiger partial charge on any atom is -0.504 e. The van der Waals surface area contributed by atoms with Crippen LogP contribution in [0.1, 0.15) is 28.8 Å². The number of methoxy groups -OCH3 is 1. The van der Waals surface area contributed by atoms with Crippen molar-refractivity contribution >= 4 is 23.2 Å². The second kappa shape index (κ2) is 6.94. The average molecular weight is 388 g/mol. The Kier molecular flexibility index (Phi) is 4.61. The largest absolute Gasteiger partial charge is 0.504 e. The van der Waals surface area contributed by atoms with Gasteiger partial charge in [0.25, 0.3) is 5.91 Å². The van der Waals surface area contributed by atoms with Gasteiger partial charge in [-0.15, -0.1) is 0 Å². The van der Waals surface area contributed by atoms with Gasteiger partial charge in [0.05, 0.1) is 18.4 Å². The molecule has 1 spiro atoms. The summed E-state index contributed by atoms with van der Waals surface area (Å²) in [4.78, 5) is 14.8. The molecule has 0 bridgehead atoms. The van der Waals surface area contributed by atoms with Crippen molar-refractivity contribution in [3.8, 4) is 11.5 Å². The number of carbonyl (C=O) groups excluding carboxylic acids is 1. The number of hydrogen-bond donors (Lipinski definition) is 3. The Balaban J connectivity index is 1.44. The zero-order valence-electron chi connectivity index (χ0n) is 15.1. The second-order valence-electron chi connectivity index (χ2n) is 7.13. The summed E-state index contributed by atoms with van der Waals surface area (Å²) < 4.78 is 5.18. The van der Waals surface area contributed by atoms with Crippen LogP contribution in [0.3, 0.4) is 0 Å². The molecule has 0 aliphatic carbocycles. The molecular formula is C20H22ClN3O3. The maximum Gasteiger partial charge on any atom is 0.255 e. The molecule has 0 unspecified atom stereocenters. The second-order valence-corrected chi connectivity index (χ2v) is 7.57. The molecule has 4 rings (SSSR count). The smallest absolute Gasteiger partial charge is 0.255 e. The van der Waals surface area contributed by atoms with E-state index in [1.54, 1.807) is 25.3 Å². The summed E-state index contributed by atoms with van der Waals surface area (Å²) in [7, 11) is 1.55. The number of hydrogen-bond acceptors (Lipinski definition) is 5. The summed E-state index contributed by atoms with van der Waals surface area (Å²) in [6.07, 6.45) is 1.58. The summed E-state index contributed by atoms with van der Waals surface area (Å²) in [5, 5.41) is 17.0. The maximum atomic E-state index is 12.5. The number of phenols is 1. The number of piperidine rings is 1. The Morgan fingerprint density at radius 2 is 1.96 bits per heavy atom. The van der Waals surface area contributed by atoms with Gasteiger partial charge in [0, 0.05) is 37.5 Å². The number of anilines is 1. The minimum absolute atomic E-state index is 0.0582. The zero-order chi connectivity index (χ0) is 19.0. The van der Waals surface area contributed by atoms with Crippen molar-refractivity contribution in [1.82, 2.24) is 10.2 Å². The molecule has 6 nitrogen and oxygen atoms in total. The molecule has 2 aromatic carbocycles. The van der Waals surface area contributed by atoms with Crippen molar-refractivity contribution < 1.29 is 14.6 Å². The molecule has 3 N–H and O–H groups in total. The van der Waals surface area contributed by atoms with Crippen molar-refractivity contribution in [2.75, 3.05) is 25.5 Å². The number of halogens is 1. The zero-order valence-corrected chi connectivity index (χ0v) is 15.8. The third kappa shape index (κ3) is 3.55. The lowest BCUT2D eigenvalue weighted by molar-refractivity contribution is 0.0822. The highest BCUT2D eigenvalue weighted by Crippen LogP contribution is 2.33. The van der Waals surface area contributed by atoms with Crippen LogP contribution in [0, 0.1) is 0 Å². The molecule has 1 fully saturated rings. The first kappa shape index (κ1) is 17.9. The fourth-order valence-corrected chi connectivity index (χ4v) is 3.99. The standard InChI is InChI=1S/C20H22ClN3O3/c1-27-18-10-13(2-5-17(18)25)12-24-8-6-20(7-9-24)22-16-11-14(21)3-4-15(16)19(26)23-20/h2-5,10-11,22,25H,6-9,12H2,1H3,(H,23,26). The topological polar surface area (TPSA) is 73.8 Å². The number of fused-ring (bicyclic) bond motifs is 1. The number of nitrogens with zero attached hydrogens (tertiary/aromatic N) is 1. The monoisotopic (exact) mass is 387 g/mol. The number of aromatic hydroxyl groups is 1. The van der Waals surface area contributed by atoms with Crippen LogP contribution in [0.15, 0.2) is 36.4 Å². The summed E-state index contributed by atoms with van der Waals surface area (Å²) in [5.41, 5.74) is 2.07. The van der Waals surface area contributed by atoms with Crippen LogP contribution in [-0.4, -0.2) is 41.8 Å². The van der Waals surface area contributed by atoms with Crippen molar-refractivity contribution in [2.45, 2.75) is 25.0 Å². The van der Waals surface area contributed by atoms with E-state index in [0.717, 1.165) is 43.7 Å². The average Bonchev–Trinajstić information content (AvgIpc) is 2.65. The lowest BCUT2D eigenvalue weighted by Crippen LogP contribution is -2.62. The van der Waals surface area contributed by atoms with Gasteiger partial charge in [-0.1, -0.05) is 17.7 Å². The minimum atomic E-state index is -0.433. The maximum absolute atomic E-state index is 12.5. The number of amides is 1. The van der Waals surface area contributed by atoms with E-state index in [1.165, 1.54) is 0 Å². The van der Waals surface area contributed by atoms with E-state index >= 15 is 0 Å². The molecule has 2 aliphatic rings. The molecule has 27 heavy (non-hydrogen) atoms. The third-order valence-electron chi connectivity index (χ3n) is 5.31. The van der Waals surface area contributed by atoms with Crippen LogP contribution in [-0.2, 0) is 6.54 Å². The van der Waals surface area contributed by atoms with Gasteiger partial charge in [0.15, 0.2) is 11.5 Å². The van der Waals surface area contributed by atoms with Crippen molar-refractivity contribution in [2.24, 2.45) is 0 Å².